The van der Waals surface area contributed by atoms with Crippen molar-refractivity contribution in [2.45, 2.75) is 39.7 Å². The van der Waals surface area contributed by atoms with E-state index in [1.165, 1.54) is 5.56 Å². The second kappa shape index (κ2) is 14.7. The number of nitrogens with zero attached hydrogens (tertiary/aromatic N) is 3. The minimum absolute atomic E-state index is 0. The number of halogens is 1. The molecule has 0 aliphatic rings. The summed E-state index contributed by atoms with van der Waals surface area (Å²) < 4.78 is 12.8. The fraction of sp³-hybridized carbons (Fsp3) is 0.417. The van der Waals surface area contributed by atoms with E-state index in [0.29, 0.717) is 13.2 Å². The molecule has 2 N–H and O–H groups in total. The van der Waals surface area contributed by atoms with E-state index in [4.69, 9.17) is 14.1 Å². The van der Waals surface area contributed by atoms with Crippen LogP contribution >= 0.6 is 24.0 Å². The molecule has 0 aliphatic heterocycles. The fourth-order valence-corrected chi connectivity index (χ4v) is 3.20. The number of para-hydroxylation sites is 1. The molecule has 0 saturated carbocycles. The monoisotopic (exact) mass is 551 g/mol. The Kier molecular flexibility index (Phi) is 11.9. The van der Waals surface area contributed by atoms with Crippen molar-refractivity contribution in [2.24, 2.45) is 4.99 Å². The van der Waals surface area contributed by atoms with Crippen molar-refractivity contribution < 1.29 is 9.15 Å². The van der Waals surface area contributed by atoms with Gasteiger partial charge in [0.05, 0.1) is 17.6 Å². The van der Waals surface area contributed by atoms with Gasteiger partial charge in [-0.15, -0.1) is 24.0 Å². The quantitative estimate of drug-likeness (QED) is 0.150. The first-order valence-electron chi connectivity index (χ1n) is 11.0. The average Bonchev–Trinajstić information content (AvgIpc) is 3.44. The van der Waals surface area contributed by atoms with Crippen LogP contribution in [0.25, 0.3) is 5.69 Å². The van der Waals surface area contributed by atoms with Gasteiger partial charge in [0, 0.05) is 32.4 Å². The van der Waals surface area contributed by atoms with Gasteiger partial charge in [0.15, 0.2) is 5.96 Å². The summed E-state index contributed by atoms with van der Waals surface area (Å²) in [6, 6.07) is 14.0. The number of aliphatic imine (C=N–C) groups is 1. The van der Waals surface area contributed by atoms with Crippen LogP contribution in [0.5, 0.6) is 0 Å². The van der Waals surface area contributed by atoms with Gasteiger partial charge in [-0.2, -0.15) is 5.10 Å². The lowest BCUT2D eigenvalue weighted by molar-refractivity contribution is 0.105. The summed E-state index contributed by atoms with van der Waals surface area (Å²) in [7, 11) is 0. The van der Waals surface area contributed by atoms with Crippen LogP contribution in [0.2, 0.25) is 0 Å². The molecule has 0 unspecified atom stereocenters. The van der Waals surface area contributed by atoms with E-state index in [1.807, 2.05) is 35.0 Å². The molecule has 0 aliphatic carbocycles. The molecule has 0 amide bonds. The standard InChI is InChI=1S/C24H33N5O2.HI/c1-3-25-24(27-15-9-16-30-19-23-13-8-17-31-23)26-14-7-10-21-18-29(28-20(21)2)22-11-5-4-6-12-22;/h4-6,8,11-13,17-18H,3,7,9-10,14-16,19H2,1-2H3,(H2,25,26,27);1H. The van der Waals surface area contributed by atoms with Crippen molar-refractivity contribution in [3.63, 3.8) is 0 Å². The largest absolute Gasteiger partial charge is 0.467 e. The highest BCUT2D eigenvalue weighted by Crippen LogP contribution is 2.13. The van der Waals surface area contributed by atoms with Crippen LogP contribution in [-0.4, -0.2) is 42.0 Å². The fourth-order valence-electron chi connectivity index (χ4n) is 3.20. The Hall–Kier alpha value is -2.33. The van der Waals surface area contributed by atoms with Crippen molar-refractivity contribution in [1.82, 2.24) is 20.4 Å². The Morgan fingerprint density at radius 1 is 1.12 bits per heavy atom. The Morgan fingerprint density at radius 3 is 2.72 bits per heavy atom. The average molecular weight is 551 g/mol. The molecule has 2 aromatic heterocycles. The van der Waals surface area contributed by atoms with E-state index in [0.717, 1.165) is 62.0 Å². The molecule has 0 saturated heterocycles. The minimum Gasteiger partial charge on any atom is -0.467 e. The van der Waals surface area contributed by atoms with Crippen molar-refractivity contribution in [3.8, 4) is 5.69 Å². The van der Waals surface area contributed by atoms with Gasteiger partial charge in [0.1, 0.15) is 12.4 Å². The molecule has 0 bridgehead atoms. The summed E-state index contributed by atoms with van der Waals surface area (Å²) in [4.78, 5) is 4.69. The summed E-state index contributed by atoms with van der Waals surface area (Å²) in [6.45, 7) is 7.75. The number of rotatable bonds is 12. The third kappa shape index (κ3) is 8.66. The lowest BCUT2D eigenvalue weighted by Gasteiger charge is -2.11. The molecule has 0 spiro atoms. The minimum atomic E-state index is 0. The van der Waals surface area contributed by atoms with Crippen molar-refractivity contribution >= 4 is 29.9 Å². The number of benzene rings is 1. The lowest BCUT2D eigenvalue weighted by Crippen LogP contribution is -2.38. The number of aromatic nitrogens is 2. The number of nitrogens with one attached hydrogen (secondary N) is 2. The molecule has 32 heavy (non-hydrogen) atoms. The van der Waals surface area contributed by atoms with Crippen LogP contribution in [0.3, 0.4) is 0 Å². The number of furan rings is 1. The third-order valence-corrected chi connectivity index (χ3v) is 4.82. The number of aryl methyl sites for hydroxylation is 2. The summed E-state index contributed by atoms with van der Waals surface area (Å²) in [6.07, 6.45) is 6.63. The van der Waals surface area contributed by atoms with E-state index in [9.17, 15) is 0 Å². The van der Waals surface area contributed by atoms with Gasteiger partial charge in [0.25, 0.3) is 0 Å². The first kappa shape index (κ1) is 25.9. The van der Waals surface area contributed by atoms with Crippen LogP contribution in [-0.2, 0) is 17.8 Å². The number of hydrogen-bond donors (Lipinski definition) is 2. The topological polar surface area (TPSA) is 76.6 Å². The van der Waals surface area contributed by atoms with Gasteiger partial charge in [-0.3, -0.25) is 4.99 Å². The molecule has 0 atom stereocenters. The third-order valence-electron chi connectivity index (χ3n) is 4.82. The van der Waals surface area contributed by atoms with E-state index in [-0.39, 0.29) is 24.0 Å². The van der Waals surface area contributed by atoms with Gasteiger partial charge in [-0.1, -0.05) is 18.2 Å². The van der Waals surface area contributed by atoms with Gasteiger partial charge >= 0.3 is 0 Å². The van der Waals surface area contributed by atoms with Crippen LogP contribution in [0.15, 0.2) is 64.3 Å². The maximum Gasteiger partial charge on any atom is 0.191 e. The summed E-state index contributed by atoms with van der Waals surface area (Å²) in [5, 5.41) is 11.3. The van der Waals surface area contributed by atoms with Crippen LogP contribution in [0, 0.1) is 6.92 Å². The Bertz CT molecular complexity index is 910. The predicted molar refractivity (Wildman–Crippen MR) is 139 cm³/mol. The molecule has 3 aromatic rings. The lowest BCUT2D eigenvalue weighted by atomic mass is 10.1. The second-order valence-corrected chi connectivity index (χ2v) is 7.30. The zero-order valence-corrected chi connectivity index (χ0v) is 21.2. The molecule has 0 fully saturated rings. The van der Waals surface area contributed by atoms with E-state index < -0.39 is 0 Å². The normalized spacial score (nSPS) is 11.2. The first-order chi connectivity index (χ1) is 15.3. The SMILES string of the molecule is CCNC(=NCCCc1cn(-c2ccccc2)nc1C)NCCCOCc1ccco1.I. The number of hydrogen-bond acceptors (Lipinski definition) is 4. The second-order valence-electron chi connectivity index (χ2n) is 7.30. The molecule has 2 heterocycles. The van der Waals surface area contributed by atoms with Crippen molar-refractivity contribution in [3.05, 3.63) is 71.9 Å². The zero-order valence-electron chi connectivity index (χ0n) is 18.9. The van der Waals surface area contributed by atoms with Crippen molar-refractivity contribution in [1.29, 1.82) is 0 Å². The van der Waals surface area contributed by atoms with E-state index in [2.05, 4.69) is 47.9 Å². The molecule has 3 rings (SSSR count). The van der Waals surface area contributed by atoms with Gasteiger partial charge in [0.2, 0.25) is 0 Å². The summed E-state index contributed by atoms with van der Waals surface area (Å²) >= 11 is 0. The highest BCUT2D eigenvalue weighted by atomic mass is 127. The molecular weight excluding hydrogens is 517 g/mol. The first-order valence-corrected chi connectivity index (χ1v) is 11.0. The van der Waals surface area contributed by atoms with Crippen LogP contribution < -0.4 is 10.6 Å². The Labute approximate surface area is 207 Å². The Balaban J connectivity index is 0.00000363. The predicted octanol–water partition coefficient (Wildman–Crippen LogP) is 4.49. The summed E-state index contributed by atoms with van der Waals surface area (Å²) in [5.74, 6) is 1.71. The van der Waals surface area contributed by atoms with Crippen LogP contribution in [0.4, 0.5) is 0 Å². The number of guanidine groups is 1. The zero-order chi connectivity index (χ0) is 21.7. The number of ether oxygens (including phenoxy) is 1. The molecular formula is C24H34IN5O2. The highest BCUT2D eigenvalue weighted by molar-refractivity contribution is 14.0. The molecule has 8 heteroatoms. The van der Waals surface area contributed by atoms with Crippen LogP contribution in [0.1, 0.15) is 36.8 Å². The van der Waals surface area contributed by atoms with Gasteiger partial charge < -0.3 is 19.8 Å². The summed E-state index contributed by atoms with van der Waals surface area (Å²) in [5.41, 5.74) is 3.43. The molecule has 174 valence electrons. The highest BCUT2D eigenvalue weighted by Gasteiger charge is 2.06. The maximum absolute atomic E-state index is 5.61. The molecule has 0 radical (unpaired) electrons. The Morgan fingerprint density at radius 2 is 1.97 bits per heavy atom. The van der Waals surface area contributed by atoms with Gasteiger partial charge in [-0.05, 0) is 62.9 Å². The van der Waals surface area contributed by atoms with Gasteiger partial charge in [-0.25, -0.2) is 4.68 Å². The maximum atomic E-state index is 5.61. The molecule has 7 nitrogen and oxygen atoms in total. The van der Waals surface area contributed by atoms with E-state index in [1.54, 1.807) is 6.26 Å². The molecule has 1 aromatic carbocycles. The smallest absolute Gasteiger partial charge is 0.191 e. The van der Waals surface area contributed by atoms with Crippen molar-refractivity contribution in [2.75, 3.05) is 26.2 Å². The van der Waals surface area contributed by atoms with E-state index >= 15 is 0 Å².